The quantitative estimate of drug-likeness (QED) is 0.783. The van der Waals surface area contributed by atoms with Crippen molar-refractivity contribution in [3.63, 3.8) is 0 Å². The number of carbonyl (C=O) groups is 1. The molecular formula is C21H25NO5. The molecule has 6 heteroatoms. The van der Waals surface area contributed by atoms with Gasteiger partial charge in [-0.15, -0.1) is 0 Å². The Morgan fingerprint density at radius 3 is 2.74 bits per heavy atom. The number of nitrogens with one attached hydrogen (secondary N) is 1. The Morgan fingerprint density at radius 1 is 1.15 bits per heavy atom. The molecule has 2 N–H and O–H groups in total. The van der Waals surface area contributed by atoms with Gasteiger partial charge in [-0.2, -0.15) is 0 Å². The standard InChI is InChI=1S/C21H25NO5/c1-25-19-10-9-14(11-20(19)26-2)12-22-21(24)13-27-18-8-4-5-15-16(18)6-3-7-17(15)23/h4-5,8-11,17,23H,3,6-7,12-13H2,1-2H3,(H,22,24)/t17-/m1/s1. The van der Waals surface area contributed by atoms with Gasteiger partial charge in [-0.3, -0.25) is 4.79 Å². The molecule has 0 heterocycles. The van der Waals surface area contributed by atoms with Crippen LogP contribution >= 0.6 is 0 Å². The second-order valence-corrected chi connectivity index (χ2v) is 6.49. The van der Waals surface area contributed by atoms with E-state index in [1.807, 2.05) is 30.3 Å². The van der Waals surface area contributed by atoms with Gasteiger partial charge < -0.3 is 24.6 Å². The topological polar surface area (TPSA) is 77.0 Å². The third-order valence-electron chi connectivity index (χ3n) is 4.73. The van der Waals surface area contributed by atoms with Gasteiger partial charge in [0.25, 0.3) is 5.91 Å². The van der Waals surface area contributed by atoms with Gasteiger partial charge in [0.2, 0.25) is 0 Å². The zero-order valence-electron chi connectivity index (χ0n) is 15.7. The van der Waals surface area contributed by atoms with Crippen LogP contribution in [0.25, 0.3) is 0 Å². The van der Waals surface area contributed by atoms with E-state index in [0.29, 0.717) is 23.8 Å². The Bertz CT molecular complexity index is 805. The number of hydrogen-bond acceptors (Lipinski definition) is 5. The van der Waals surface area contributed by atoms with E-state index in [1.165, 1.54) is 0 Å². The van der Waals surface area contributed by atoms with E-state index in [2.05, 4.69) is 5.32 Å². The Kier molecular flexibility index (Phi) is 6.19. The largest absolute Gasteiger partial charge is 0.493 e. The highest BCUT2D eigenvalue weighted by Crippen LogP contribution is 2.35. The van der Waals surface area contributed by atoms with Crippen LogP contribution in [-0.2, 0) is 17.8 Å². The van der Waals surface area contributed by atoms with E-state index in [9.17, 15) is 9.90 Å². The average Bonchev–Trinajstić information content (AvgIpc) is 2.70. The van der Waals surface area contributed by atoms with Gasteiger partial charge in [0, 0.05) is 6.54 Å². The zero-order chi connectivity index (χ0) is 19.2. The molecule has 3 rings (SSSR count). The number of rotatable bonds is 7. The third kappa shape index (κ3) is 4.52. The van der Waals surface area contributed by atoms with Crippen LogP contribution < -0.4 is 19.5 Å². The maximum Gasteiger partial charge on any atom is 0.258 e. The van der Waals surface area contributed by atoms with Crippen molar-refractivity contribution in [2.75, 3.05) is 20.8 Å². The van der Waals surface area contributed by atoms with E-state index in [0.717, 1.165) is 36.0 Å². The Hall–Kier alpha value is -2.73. The SMILES string of the molecule is COc1ccc(CNC(=O)COc2cccc3c2CCC[C@H]3O)cc1OC. The summed E-state index contributed by atoms with van der Waals surface area (Å²) in [6, 6.07) is 11.1. The molecule has 0 radical (unpaired) electrons. The minimum absolute atomic E-state index is 0.0696. The molecule has 1 amide bonds. The van der Waals surface area contributed by atoms with Gasteiger partial charge in [-0.05, 0) is 54.2 Å². The molecule has 0 bridgehead atoms. The first-order valence-electron chi connectivity index (χ1n) is 9.02. The minimum atomic E-state index is -0.448. The van der Waals surface area contributed by atoms with Gasteiger partial charge in [-0.1, -0.05) is 18.2 Å². The first-order valence-corrected chi connectivity index (χ1v) is 9.02. The van der Waals surface area contributed by atoms with Crippen molar-refractivity contribution in [2.24, 2.45) is 0 Å². The van der Waals surface area contributed by atoms with Gasteiger partial charge in [0.1, 0.15) is 5.75 Å². The van der Waals surface area contributed by atoms with Crippen LogP contribution in [0.15, 0.2) is 36.4 Å². The maximum atomic E-state index is 12.2. The number of amides is 1. The highest BCUT2D eigenvalue weighted by molar-refractivity contribution is 5.77. The van der Waals surface area contributed by atoms with Crippen LogP contribution in [0.1, 0.15) is 35.6 Å². The molecule has 1 aliphatic carbocycles. The predicted octanol–water partition coefficient (Wildman–Crippen LogP) is 2.77. The Morgan fingerprint density at radius 2 is 1.96 bits per heavy atom. The summed E-state index contributed by atoms with van der Waals surface area (Å²) in [4.78, 5) is 12.2. The maximum absolute atomic E-state index is 12.2. The molecule has 1 atom stereocenters. The van der Waals surface area contributed by atoms with E-state index in [1.54, 1.807) is 20.3 Å². The fraction of sp³-hybridized carbons (Fsp3) is 0.381. The molecular weight excluding hydrogens is 346 g/mol. The molecule has 144 valence electrons. The number of ether oxygens (including phenoxy) is 3. The molecule has 2 aromatic rings. The number of fused-ring (bicyclic) bond motifs is 1. The van der Waals surface area contributed by atoms with Gasteiger partial charge in [-0.25, -0.2) is 0 Å². The molecule has 0 unspecified atom stereocenters. The summed E-state index contributed by atoms with van der Waals surface area (Å²) < 4.78 is 16.2. The van der Waals surface area contributed by atoms with Crippen molar-refractivity contribution >= 4 is 5.91 Å². The first-order chi connectivity index (χ1) is 13.1. The van der Waals surface area contributed by atoms with Crippen molar-refractivity contribution in [1.29, 1.82) is 0 Å². The highest BCUT2D eigenvalue weighted by atomic mass is 16.5. The lowest BCUT2D eigenvalue weighted by atomic mass is 9.89. The lowest BCUT2D eigenvalue weighted by Gasteiger charge is -2.23. The number of aliphatic hydroxyl groups is 1. The summed E-state index contributed by atoms with van der Waals surface area (Å²) in [6.07, 6.45) is 2.09. The summed E-state index contributed by atoms with van der Waals surface area (Å²) in [7, 11) is 3.16. The molecule has 0 aromatic heterocycles. The van der Waals surface area contributed by atoms with Crippen LogP contribution in [0, 0.1) is 0 Å². The molecule has 0 saturated carbocycles. The van der Waals surface area contributed by atoms with Gasteiger partial charge in [0.05, 0.1) is 20.3 Å². The van der Waals surface area contributed by atoms with Crippen LogP contribution in [0.3, 0.4) is 0 Å². The monoisotopic (exact) mass is 371 g/mol. The van der Waals surface area contributed by atoms with E-state index in [-0.39, 0.29) is 12.5 Å². The minimum Gasteiger partial charge on any atom is -0.493 e. The summed E-state index contributed by atoms with van der Waals surface area (Å²) in [5, 5.41) is 12.9. The Labute approximate surface area is 159 Å². The van der Waals surface area contributed by atoms with E-state index < -0.39 is 6.10 Å². The first kappa shape index (κ1) is 19.0. The van der Waals surface area contributed by atoms with Crippen molar-refractivity contribution in [1.82, 2.24) is 5.32 Å². The van der Waals surface area contributed by atoms with Crippen LogP contribution in [0.2, 0.25) is 0 Å². The third-order valence-corrected chi connectivity index (χ3v) is 4.73. The molecule has 6 nitrogen and oxygen atoms in total. The van der Waals surface area contributed by atoms with Crippen LogP contribution in [0.5, 0.6) is 17.2 Å². The average molecular weight is 371 g/mol. The van der Waals surface area contributed by atoms with Crippen molar-refractivity contribution < 1.29 is 24.1 Å². The summed E-state index contributed by atoms with van der Waals surface area (Å²) in [5.74, 6) is 1.73. The molecule has 27 heavy (non-hydrogen) atoms. The number of benzene rings is 2. The second kappa shape index (κ2) is 8.77. The smallest absolute Gasteiger partial charge is 0.258 e. The number of aliphatic hydroxyl groups excluding tert-OH is 1. The summed E-state index contributed by atoms with van der Waals surface area (Å²) in [5.41, 5.74) is 2.81. The molecule has 0 saturated heterocycles. The predicted molar refractivity (Wildman–Crippen MR) is 101 cm³/mol. The number of methoxy groups -OCH3 is 2. The molecule has 2 aromatic carbocycles. The lowest BCUT2D eigenvalue weighted by Crippen LogP contribution is -2.28. The summed E-state index contributed by atoms with van der Waals surface area (Å²) in [6.45, 7) is 0.300. The molecule has 0 fully saturated rings. The highest BCUT2D eigenvalue weighted by Gasteiger charge is 2.21. The van der Waals surface area contributed by atoms with Crippen molar-refractivity contribution in [2.45, 2.75) is 31.9 Å². The zero-order valence-corrected chi connectivity index (χ0v) is 15.7. The van der Waals surface area contributed by atoms with E-state index in [4.69, 9.17) is 14.2 Å². The van der Waals surface area contributed by atoms with Crippen molar-refractivity contribution in [3.05, 3.63) is 53.1 Å². The molecule has 0 aliphatic heterocycles. The van der Waals surface area contributed by atoms with E-state index >= 15 is 0 Å². The fourth-order valence-corrected chi connectivity index (χ4v) is 3.31. The summed E-state index contributed by atoms with van der Waals surface area (Å²) >= 11 is 0. The number of hydrogen-bond donors (Lipinski definition) is 2. The van der Waals surface area contributed by atoms with Crippen molar-refractivity contribution in [3.8, 4) is 17.2 Å². The second-order valence-electron chi connectivity index (χ2n) is 6.49. The molecule has 1 aliphatic rings. The number of carbonyl (C=O) groups excluding carboxylic acids is 1. The van der Waals surface area contributed by atoms with Gasteiger partial charge in [0.15, 0.2) is 18.1 Å². The normalized spacial score (nSPS) is 15.6. The Balaban J connectivity index is 1.56. The van der Waals surface area contributed by atoms with Gasteiger partial charge >= 0.3 is 0 Å². The van der Waals surface area contributed by atoms with Crippen LogP contribution in [-0.4, -0.2) is 31.8 Å². The lowest BCUT2D eigenvalue weighted by molar-refractivity contribution is -0.123. The molecule has 0 spiro atoms. The fourth-order valence-electron chi connectivity index (χ4n) is 3.31. The van der Waals surface area contributed by atoms with Crippen LogP contribution in [0.4, 0.5) is 0 Å².